The summed E-state index contributed by atoms with van der Waals surface area (Å²) in [4.78, 5) is 0. The molecule has 0 aliphatic heterocycles. The summed E-state index contributed by atoms with van der Waals surface area (Å²) in [5.41, 5.74) is 0. The fourth-order valence-electron chi connectivity index (χ4n) is 0.486. The second kappa shape index (κ2) is 5.43. The van der Waals surface area contributed by atoms with Crippen molar-refractivity contribution in [2.45, 2.75) is 0 Å². The molecule has 11 heavy (non-hydrogen) atoms. The van der Waals surface area contributed by atoms with Crippen molar-refractivity contribution in [3.63, 3.8) is 0 Å². The van der Waals surface area contributed by atoms with Gasteiger partial charge in [-0.1, -0.05) is 12.2 Å². The van der Waals surface area contributed by atoms with Crippen molar-refractivity contribution >= 4 is 21.6 Å². The van der Waals surface area contributed by atoms with Crippen LogP contribution in [0.15, 0.2) is 25.3 Å². The maximum Gasteiger partial charge on any atom is 0.163 e. The van der Waals surface area contributed by atoms with Crippen molar-refractivity contribution in [1.29, 1.82) is 0 Å². The van der Waals surface area contributed by atoms with E-state index in [-0.39, 0.29) is 10.8 Å². The molecule has 0 aromatic rings. The predicted octanol–water partition coefficient (Wildman–Crippen LogP) is 1.46. The highest BCUT2D eigenvalue weighted by atomic mass is 32.3. The van der Waals surface area contributed by atoms with Gasteiger partial charge in [-0.2, -0.15) is 0 Å². The Bertz CT molecular complexity index is 217. The molecule has 0 heterocycles. The van der Waals surface area contributed by atoms with Crippen LogP contribution in [-0.4, -0.2) is 25.0 Å². The monoisotopic (exact) mass is 192 g/mol. The molecule has 0 unspecified atom stereocenters. The van der Waals surface area contributed by atoms with Crippen LogP contribution in [0.4, 0.5) is 0 Å². The smallest absolute Gasteiger partial charge is 0.163 e. The number of rotatable bonds is 6. The quantitative estimate of drug-likeness (QED) is 0.472. The molecule has 0 fully saturated rings. The van der Waals surface area contributed by atoms with Crippen molar-refractivity contribution in [3.8, 4) is 0 Å². The van der Waals surface area contributed by atoms with E-state index in [0.717, 1.165) is 0 Å². The van der Waals surface area contributed by atoms with Crippen LogP contribution in [0.25, 0.3) is 0 Å². The first kappa shape index (κ1) is 10.8. The Balaban J connectivity index is 3.73. The molecule has 0 aromatic heterocycles. The number of thioether (sulfide) groups is 1. The Labute approximate surface area is 72.3 Å². The molecule has 0 saturated carbocycles. The van der Waals surface area contributed by atoms with Gasteiger partial charge in [0.15, 0.2) is 9.84 Å². The fraction of sp³-hybridized carbons (Fsp3) is 0.429. The molecule has 0 saturated heterocycles. The average molecular weight is 192 g/mol. The summed E-state index contributed by atoms with van der Waals surface area (Å²) in [5.74, 6) is 0.744. The molecule has 0 rings (SSSR count). The van der Waals surface area contributed by atoms with Gasteiger partial charge in [-0.3, -0.25) is 0 Å². The van der Waals surface area contributed by atoms with E-state index in [1.54, 1.807) is 6.08 Å². The zero-order chi connectivity index (χ0) is 8.74. The van der Waals surface area contributed by atoms with E-state index < -0.39 is 9.84 Å². The highest BCUT2D eigenvalue weighted by molar-refractivity contribution is 8.12. The summed E-state index contributed by atoms with van der Waals surface area (Å²) >= 11 is 1.35. The van der Waals surface area contributed by atoms with Crippen molar-refractivity contribution in [1.82, 2.24) is 0 Å². The third-order valence-electron chi connectivity index (χ3n) is 0.870. The maximum atomic E-state index is 11.0. The van der Waals surface area contributed by atoms with Gasteiger partial charge in [0.05, 0.1) is 10.8 Å². The Hall–Kier alpha value is -0.220. The Morgan fingerprint density at radius 3 is 2.36 bits per heavy atom. The third-order valence-corrected chi connectivity index (χ3v) is 4.19. The van der Waals surface area contributed by atoms with Gasteiger partial charge in [0, 0.05) is 5.75 Å². The summed E-state index contributed by atoms with van der Waals surface area (Å²) in [6, 6.07) is 0. The van der Waals surface area contributed by atoms with Crippen molar-refractivity contribution < 1.29 is 8.42 Å². The molecule has 0 amide bonds. The van der Waals surface area contributed by atoms with E-state index in [9.17, 15) is 8.42 Å². The molecule has 0 radical (unpaired) electrons. The van der Waals surface area contributed by atoms with E-state index in [4.69, 9.17) is 0 Å². The first-order valence-corrected chi connectivity index (χ1v) is 6.10. The SMILES string of the molecule is C=CCSCS(=O)(=O)CC=C. The normalized spacial score (nSPS) is 10.9. The van der Waals surface area contributed by atoms with Gasteiger partial charge in [0.25, 0.3) is 0 Å². The van der Waals surface area contributed by atoms with Crippen LogP contribution in [0.1, 0.15) is 0 Å². The van der Waals surface area contributed by atoms with Crippen LogP contribution in [-0.2, 0) is 9.84 Å². The zero-order valence-electron chi connectivity index (χ0n) is 6.32. The van der Waals surface area contributed by atoms with Crippen LogP contribution in [0, 0.1) is 0 Å². The molecule has 64 valence electrons. The zero-order valence-corrected chi connectivity index (χ0v) is 7.96. The second-order valence-electron chi connectivity index (χ2n) is 1.98. The summed E-state index contributed by atoms with van der Waals surface area (Å²) < 4.78 is 22.0. The maximum absolute atomic E-state index is 11.0. The molecule has 0 aliphatic carbocycles. The van der Waals surface area contributed by atoms with Gasteiger partial charge in [-0.15, -0.1) is 24.9 Å². The topological polar surface area (TPSA) is 34.1 Å². The number of sulfone groups is 1. The van der Waals surface area contributed by atoms with Crippen LogP contribution in [0.2, 0.25) is 0 Å². The molecule has 0 spiro atoms. The van der Waals surface area contributed by atoms with Crippen molar-refractivity contribution in [3.05, 3.63) is 25.3 Å². The molecule has 4 heteroatoms. The second-order valence-corrected chi connectivity index (χ2v) is 5.48. The average Bonchev–Trinajstić information content (AvgIpc) is 1.87. The van der Waals surface area contributed by atoms with Gasteiger partial charge >= 0.3 is 0 Å². The van der Waals surface area contributed by atoms with E-state index in [1.165, 1.54) is 17.8 Å². The third kappa shape index (κ3) is 6.19. The van der Waals surface area contributed by atoms with Gasteiger partial charge in [0.1, 0.15) is 0 Å². The predicted molar refractivity (Wildman–Crippen MR) is 51.5 cm³/mol. The Morgan fingerprint density at radius 1 is 1.27 bits per heavy atom. The number of hydrogen-bond donors (Lipinski definition) is 0. The largest absolute Gasteiger partial charge is 0.228 e. The van der Waals surface area contributed by atoms with E-state index in [2.05, 4.69) is 13.2 Å². The first-order chi connectivity index (χ1) is 5.12. The molecular weight excluding hydrogens is 180 g/mol. The Morgan fingerprint density at radius 2 is 1.91 bits per heavy atom. The molecule has 0 atom stereocenters. The summed E-state index contributed by atoms with van der Waals surface area (Å²) in [5, 5.41) is 0.158. The highest BCUT2D eigenvalue weighted by Gasteiger charge is 2.06. The lowest BCUT2D eigenvalue weighted by Crippen LogP contribution is -2.06. The van der Waals surface area contributed by atoms with Gasteiger partial charge in [-0.05, 0) is 0 Å². The van der Waals surface area contributed by atoms with Crippen molar-refractivity contribution in [2.75, 3.05) is 16.6 Å². The molecular formula is C7H12O2S2. The van der Waals surface area contributed by atoms with Gasteiger partial charge in [-0.25, -0.2) is 8.42 Å². The van der Waals surface area contributed by atoms with Crippen LogP contribution < -0.4 is 0 Å². The van der Waals surface area contributed by atoms with Gasteiger partial charge in [0.2, 0.25) is 0 Å². The molecule has 0 bridgehead atoms. The lowest BCUT2D eigenvalue weighted by molar-refractivity contribution is 0.603. The fourth-order valence-corrected chi connectivity index (χ4v) is 2.80. The summed E-state index contributed by atoms with van der Waals surface area (Å²) in [7, 11) is -2.91. The van der Waals surface area contributed by atoms with E-state index >= 15 is 0 Å². The minimum atomic E-state index is -2.91. The minimum absolute atomic E-state index is 0.0666. The van der Waals surface area contributed by atoms with E-state index in [1.807, 2.05) is 0 Å². The molecule has 0 aliphatic rings. The lowest BCUT2D eigenvalue weighted by atomic mass is 10.8. The standard InChI is InChI=1S/C7H12O2S2/c1-3-5-10-7-11(8,9)6-4-2/h3-4H,1-2,5-7H2. The molecule has 2 nitrogen and oxygen atoms in total. The van der Waals surface area contributed by atoms with Crippen LogP contribution >= 0.6 is 11.8 Å². The Kier molecular flexibility index (Phi) is 5.32. The molecule has 0 N–H and O–H groups in total. The molecule has 0 aromatic carbocycles. The summed E-state index contributed by atoms with van der Waals surface area (Å²) in [6.07, 6.45) is 3.10. The van der Waals surface area contributed by atoms with Crippen LogP contribution in [0.5, 0.6) is 0 Å². The number of hydrogen-bond acceptors (Lipinski definition) is 3. The summed E-state index contributed by atoms with van der Waals surface area (Å²) in [6.45, 7) is 6.86. The lowest BCUT2D eigenvalue weighted by Gasteiger charge is -1.97. The highest BCUT2D eigenvalue weighted by Crippen LogP contribution is 2.05. The van der Waals surface area contributed by atoms with Gasteiger partial charge < -0.3 is 0 Å². The van der Waals surface area contributed by atoms with Crippen molar-refractivity contribution in [2.24, 2.45) is 0 Å². The van der Waals surface area contributed by atoms with Crippen LogP contribution in [0.3, 0.4) is 0 Å². The van der Waals surface area contributed by atoms with E-state index in [0.29, 0.717) is 5.75 Å². The minimum Gasteiger partial charge on any atom is -0.228 e. The first-order valence-electron chi connectivity index (χ1n) is 3.12.